The summed E-state index contributed by atoms with van der Waals surface area (Å²) in [6.07, 6.45) is 0. The number of aliphatic hydroxyl groups is 1. The molecule has 1 N–H and O–H groups in total. The minimum absolute atomic E-state index is 0.0628. The van der Waals surface area contributed by atoms with E-state index in [9.17, 15) is 5.11 Å². The van der Waals surface area contributed by atoms with Crippen LogP contribution in [0.3, 0.4) is 0 Å². The van der Waals surface area contributed by atoms with Gasteiger partial charge in [-0.2, -0.15) is 0 Å². The van der Waals surface area contributed by atoms with Crippen LogP contribution in [-0.4, -0.2) is 47.2 Å². The van der Waals surface area contributed by atoms with Gasteiger partial charge in [-0.3, -0.25) is 4.90 Å². The molecule has 0 atom stereocenters. The summed E-state index contributed by atoms with van der Waals surface area (Å²) in [5.41, 5.74) is 2.00. The van der Waals surface area contributed by atoms with Crippen molar-refractivity contribution in [2.45, 2.75) is 32.9 Å². The summed E-state index contributed by atoms with van der Waals surface area (Å²) < 4.78 is 0. The van der Waals surface area contributed by atoms with E-state index in [0.717, 1.165) is 36.7 Å². The van der Waals surface area contributed by atoms with Crippen LogP contribution in [0.5, 0.6) is 0 Å². The molecule has 18 heavy (non-hydrogen) atoms. The Morgan fingerprint density at radius 1 is 1.33 bits per heavy atom. The molecule has 2 heterocycles. The Balaban J connectivity index is 2.20. The maximum Gasteiger partial charge on any atom is 0.128 e. The fraction of sp³-hybridized carbons (Fsp3) is 0.643. The first-order valence-corrected chi connectivity index (χ1v) is 6.47. The molecule has 1 aromatic heterocycles. The number of likely N-dealkylation sites (N-methyl/N-ethyl adjacent to an activating group) is 1. The lowest BCUT2D eigenvalue weighted by Gasteiger charge is -2.45. The van der Waals surface area contributed by atoms with Crippen molar-refractivity contribution >= 4 is 5.82 Å². The summed E-state index contributed by atoms with van der Waals surface area (Å²) in [5, 5.41) is 9.18. The summed E-state index contributed by atoms with van der Waals surface area (Å²) in [5.74, 6) is 1.02. The summed E-state index contributed by atoms with van der Waals surface area (Å²) in [4.78, 5) is 9.32. The first kappa shape index (κ1) is 13.3. The average Bonchev–Trinajstić information content (AvgIpc) is 2.32. The zero-order chi connectivity index (χ0) is 13.3. The van der Waals surface area contributed by atoms with Crippen LogP contribution in [0.4, 0.5) is 5.82 Å². The molecule has 0 bridgehead atoms. The molecule has 4 nitrogen and oxygen atoms in total. The first-order valence-electron chi connectivity index (χ1n) is 6.47. The van der Waals surface area contributed by atoms with Crippen LogP contribution in [-0.2, 0) is 6.61 Å². The van der Waals surface area contributed by atoms with Gasteiger partial charge >= 0.3 is 0 Å². The monoisotopic (exact) mass is 249 g/mol. The topological polar surface area (TPSA) is 39.6 Å². The highest BCUT2D eigenvalue weighted by Crippen LogP contribution is 2.23. The SMILES string of the molecule is Cc1nc(N2CCN(C)C(C)(C)C2)ccc1CO. The van der Waals surface area contributed by atoms with Gasteiger partial charge in [0.25, 0.3) is 0 Å². The van der Waals surface area contributed by atoms with Gasteiger partial charge in [-0.25, -0.2) is 4.98 Å². The van der Waals surface area contributed by atoms with Crippen molar-refractivity contribution in [1.82, 2.24) is 9.88 Å². The van der Waals surface area contributed by atoms with Crippen LogP contribution in [0.1, 0.15) is 25.1 Å². The average molecular weight is 249 g/mol. The highest BCUT2D eigenvalue weighted by atomic mass is 16.3. The normalized spacial score (nSPS) is 20.2. The van der Waals surface area contributed by atoms with Crippen molar-refractivity contribution in [2.75, 3.05) is 31.6 Å². The molecule has 0 amide bonds. The molecule has 2 rings (SSSR count). The van der Waals surface area contributed by atoms with Crippen LogP contribution < -0.4 is 4.90 Å². The molecule has 4 heteroatoms. The second-order valence-corrected chi connectivity index (χ2v) is 5.73. The van der Waals surface area contributed by atoms with E-state index in [1.807, 2.05) is 19.1 Å². The number of pyridine rings is 1. The van der Waals surface area contributed by atoms with Gasteiger partial charge in [0, 0.05) is 30.9 Å². The third-order valence-corrected chi connectivity index (χ3v) is 3.99. The smallest absolute Gasteiger partial charge is 0.128 e. The first-order chi connectivity index (χ1) is 8.44. The van der Waals surface area contributed by atoms with Crippen molar-refractivity contribution in [3.63, 3.8) is 0 Å². The van der Waals surface area contributed by atoms with Gasteiger partial charge in [0.15, 0.2) is 0 Å². The Hall–Kier alpha value is -1.13. The number of hydrogen-bond donors (Lipinski definition) is 1. The Morgan fingerprint density at radius 3 is 2.61 bits per heavy atom. The lowest BCUT2D eigenvalue weighted by molar-refractivity contribution is 0.138. The molecule has 0 aromatic carbocycles. The highest BCUT2D eigenvalue weighted by molar-refractivity contribution is 5.42. The summed E-state index contributed by atoms with van der Waals surface area (Å²) in [6, 6.07) is 3.99. The van der Waals surface area contributed by atoms with E-state index >= 15 is 0 Å². The molecular weight excluding hydrogens is 226 g/mol. The molecule has 1 aliphatic heterocycles. The van der Waals surface area contributed by atoms with Crippen molar-refractivity contribution in [3.05, 3.63) is 23.4 Å². The number of aliphatic hydroxyl groups excluding tert-OH is 1. The van der Waals surface area contributed by atoms with E-state index in [2.05, 4.69) is 35.7 Å². The molecule has 1 fully saturated rings. The van der Waals surface area contributed by atoms with Gasteiger partial charge in [-0.05, 0) is 39.4 Å². The van der Waals surface area contributed by atoms with Crippen molar-refractivity contribution < 1.29 is 5.11 Å². The van der Waals surface area contributed by atoms with E-state index < -0.39 is 0 Å². The Kier molecular flexibility index (Phi) is 3.59. The molecule has 0 aliphatic carbocycles. The second kappa shape index (κ2) is 4.86. The van der Waals surface area contributed by atoms with E-state index in [4.69, 9.17) is 0 Å². The molecular formula is C14H23N3O. The molecule has 1 aliphatic rings. The molecule has 0 unspecified atom stereocenters. The second-order valence-electron chi connectivity index (χ2n) is 5.73. The number of hydrogen-bond acceptors (Lipinski definition) is 4. The predicted octanol–water partition coefficient (Wildman–Crippen LogP) is 1.41. The van der Waals surface area contributed by atoms with Crippen LogP contribution in [0.2, 0.25) is 0 Å². The zero-order valence-corrected chi connectivity index (χ0v) is 11.8. The lowest BCUT2D eigenvalue weighted by atomic mass is 10.00. The van der Waals surface area contributed by atoms with Gasteiger partial charge < -0.3 is 10.0 Å². The summed E-state index contributed by atoms with van der Waals surface area (Å²) in [7, 11) is 2.17. The van der Waals surface area contributed by atoms with E-state index in [-0.39, 0.29) is 12.1 Å². The van der Waals surface area contributed by atoms with Crippen LogP contribution >= 0.6 is 0 Å². The molecule has 0 saturated carbocycles. The van der Waals surface area contributed by atoms with Gasteiger partial charge in [-0.1, -0.05) is 6.07 Å². The Labute approximate surface area is 109 Å². The van der Waals surface area contributed by atoms with Crippen LogP contribution in [0, 0.1) is 6.92 Å². The third kappa shape index (κ3) is 2.49. The van der Waals surface area contributed by atoms with Crippen molar-refractivity contribution in [2.24, 2.45) is 0 Å². The van der Waals surface area contributed by atoms with Crippen molar-refractivity contribution in [3.8, 4) is 0 Å². The van der Waals surface area contributed by atoms with E-state index in [1.165, 1.54) is 0 Å². The fourth-order valence-electron chi connectivity index (χ4n) is 2.36. The van der Waals surface area contributed by atoms with Crippen LogP contribution in [0.15, 0.2) is 12.1 Å². The van der Waals surface area contributed by atoms with Crippen molar-refractivity contribution in [1.29, 1.82) is 0 Å². The van der Waals surface area contributed by atoms with Gasteiger partial charge in [0.05, 0.1) is 6.61 Å². The number of piperazine rings is 1. The standard InChI is InChI=1S/C14H23N3O/c1-11-12(9-18)5-6-13(15-11)17-8-7-16(4)14(2,3)10-17/h5-6,18H,7-10H2,1-4H3. The highest BCUT2D eigenvalue weighted by Gasteiger charge is 2.31. The number of nitrogens with zero attached hydrogens (tertiary/aromatic N) is 3. The number of rotatable bonds is 2. The van der Waals surface area contributed by atoms with Crippen LogP contribution in [0.25, 0.3) is 0 Å². The Bertz CT molecular complexity index is 431. The summed E-state index contributed by atoms with van der Waals surface area (Å²) >= 11 is 0. The van der Waals surface area contributed by atoms with Gasteiger partial charge in [0.1, 0.15) is 5.82 Å². The molecule has 100 valence electrons. The summed E-state index contributed by atoms with van der Waals surface area (Å²) in [6.45, 7) is 9.57. The van der Waals surface area contributed by atoms with Gasteiger partial charge in [-0.15, -0.1) is 0 Å². The third-order valence-electron chi connectivity index (χ3n) is 3.99. The minimum Gasteiger partial charge on any atom is -0.392 e. The minimum atomic E-state index is 0.0628. The molecule has 0 radical (unpaired) electrons. The predicted molar refractivity (Wildman–Crippen MR) is 73.8 cm³/mol. The number of aryl methyl sites for hydroxylation is 1. The number of aromatic nitrogens is 1. The molecule has 0 spiro atoms. The maximum absolute atomic E-state index is 9.18. The lowest BCUT2D eigenvalue weighted by Crippen LogP contribution is -2.57. The quantitative estimate of drug-likeness (QED) is 0.860. The fourth-order valence-corrected chi connectivity index (χ4v) is 2.36. The van der Waals surface area contributed by atoms with Gasteiger partial charge in [0.2, 0.25) is 0 Å². The maximum atomic E-state index is 9.18. The largest absolute Gasteiger partial charge is 0.392 e. The molecule has 1 aromatic rings. The number of anilines is 1. The molecule has 1 saturated heterocycles. The van der Waals surface area contributed by atoms with E-state index in [0.29, 0.717) is 0 Å². The van der Waals surface area contributed by atoms with E-state index in [1.54, 1.807) is 0 Å². The Morgan fingerprint density at radius 2 is 2.06 bits per heavy atom. The zero-order valence-electron chi connectivity index (χ0n) is 11.8.